The number of hydrogen-bond donors (Lipinski definition) is 3. The SMILES string of the molecule is CC(=O)SCC(O)C(O)c1ccc2ccc(O)cc2c1. The van der Waals surface area contributed by atoms with Gasteiger partial charge in [0.2, 0.25) is 0 Å². The Morgan fingerprint density at radius 3 is 2.55 bits per heavy atom. The summed E-state index contributed by atoms with van der Waals surface area (Å²) in [7, 11) is 0. The fraction of sp³-hybridized carbons (Fsp3) is 0.267. The Kier molecular flexibility index (Phi) is 4.65. The van der Waals surface area contributed by atoms with Gasteiger partial charge in [-0.3, -0.25) is 4.79 Å². The molecule has 0 aliphatic rings. The Morgan fingerprint density at radius 2 is 1.85 bits per heavy atom. The molecule has 20 heavy (non-hydrogen) atoms. The smallest absolute Gasteiger partial charge is 0.185 e. The zero-order chi connectivity index (χ0) is 14.7. The second kappa shape index (κ2) is 6.26. The first-order chi connectivity index (χ1) is 9.47. The highest BCUT2D eigenvalue weighted by Gasteiger charge is 2.19. The fourth-order valence-corrected chi connectivity index (χ4v) is 2.54. The van der Waals surface area contributed by atoms with Crippen LogP contribution in [0.5, 0.6) is 5.75 Å². The predicted octanol–water partition coefficient (Wildman–Crippen LogP) is 2.22. The summed E-state index contributed by atoms with van der Waals surface area (Å²) >= 11 is 0.980. The van der Waals surface area contributed by atoms with Gasteiger partial charge < -0.3 is 15.3 Å². The number of fused-ring (bicyclic) bond motifs is 1. The van der Waals surface area contributed by atoms with Gasteiger partial charge in [0.05, 0.1) is 6.10 Å². The second-order valence-electron chi connectivity index (χ2n) is 4.61. The van der Waals surface area contributed by atoms with Gasteiger partial charge in [0.25, 0.3) is 0 Å². The van der Waals surface area contributed by atoms with Crippen LogP contribution < -0.4 is 0 Å². The van der Waals surface area contributed by atoms with E-state index in [1.165, 1.54) is 6.92 Å². The quantitative estimate of drug-likeness (QED) is 0.805. The van der Waals surface area contributed by atoms with Crippen molar-refractivity contribution in [2.75, 3.05) is 5.75 Å². The number of benzene rings is 2. The molecule has 0 spiro atoms. The maximum Gasteiger partial charge on any atom is 0.185 e. The second-order valence-corrected chi connectivity index (χ2v) is 5.80. The third kappa shape index (κ3) is 3.50. The molecule has 0 fully saturated rings. The van der Waals surface area contributed by atoms with E-state index in [1.807, 2.05) is 6.07 Å². The molecule has 0 radical (unpaired) electrons. The maximum absolute atomic E-state index is 10.9. The molecule has 0 heterocycles. The van der Waals surface area contributed by atoms with E-state index in [2.05, 4.69) is 0 Å². The van der Waals surface area contributed by atoms with Crippen molar-refractivity contribution in [2.24, 2.45) is 0 Å². The molecule has 0 amide bonds. The zero-order valence-electron chi connectivity index (χ0n) is 11.0. The van der Waals surface area contributed by atoms with Crippen molar-refractivity contribution >= 4 is 27.6 Å². The molecule has 106 valence electrons. The Labute approximate surface area is 121 Å². The van der Waals surface area contributed by atoms with Crippen LogP contribution in [0.1, 0.15) is 18.6 Å². The lowest BCUT2D eigenvalue weighted by molar-refractivity contribution is -0.109. The van der Waals surface area contributed by atoms with E-state index in [-0.39, 0.29) is 16.6 Å². The highest BCUT2D eigenvalue weighted by molar-refractivity contribution is 8.13. The highest BCUT2D eigenvalue weighted by atomic mass is 32.2. The Morgan fingerprint density at radius 1 is 1.15 bits per heavy atom. The molecule has 2 atom stereocenters. The number of thioether (sulfide) groups is 1. The first-order valence-corrected chi connectivity index (χ1v) is 7.18. The molecule has 0 saturated heterocycles. The Balaban J connectivity index is 2.21. The molecule has 0 aromatic heterocycles. The van der Waals surface area contributed by atoms with Crippen LogP contribution in [0.15, 0.2) is 36.4 Å². The van der Waals surface area contributed by atoms with Crippen molar-refractivity contribution in [1.29, 1.82) is 0 Å². The third-order valence-electron chi connectivity index (χ3n) is 3.01. The van der Waals surface area contributed by atoms with Gasteiger partial charge in [0, 0.05) is 12.7 Å². The first kappa shape index (κ1) is 14.8. The number of carbonyl (C=O) groups is 1. The van der Waals surface area contributed by atoms with Gasteiger partial charge in [-0.2, -0.15) is 0 Å². The predicted molar refractivity (Wildman–Crippen MR) is 79.7 cm³/mol. The summed E-state index contributed by atoms with van der Waals surface area (Å²) in [5, 5.41) is 31.1. The van der Waals surface area contributed by atoms with Gasteiger partial charge in [-0.05, 0) is 34.5 Å². The molecular formula is C15H16O4S. The average molecular weight is 292 g/mol. The topological polar surface area (TPSA) is 77.8 Å². The maximum atomic E-state index is 10.9. The van der Waals surface area contributed by atoms with Crippen molar-refractivity contribution in [3.8, 4) is 5.75 Å². The van der Waals surface area contributed by atoms with Crippen LogP contribution in [-0.4, -0.2) is 32.3 Å². The highest BCUT2D eigenvalue weighted by Crippen LogP contribution is 2.26. The summed E-state index contributed by atoms with van der Waals surface area (Å²) in [4.78, 5) is 10.9. The molecule has 0 aliphatic heterocycles. The van der Waals surface area contributed by atoms with Crippen LogP contribution in [0.2, 0.25) is 0 Å². The van der Waals surface area contributed by atoms with Gasteiger partial charge in [0.1, 0.15) is 11.9 Å². The van der Waals surface area contributed by atoms with Crippen molar-refractivity contribution in [2.45, 2.75) is 19.1 Å². The Hall–Kier alpha value is -1.56. The normalized spacial score (nSPS) is 14.2. The van der Waals surface area contributed by atoms with E-state index in [0.29, 0.717) is 5.56 Å². The minimum Gasteiger partial charge on any atom is -0.508 e. The summed E-state index contributed by atoms with van der Waals surface area (Å²) in [5.41, 5.74) is 0.555. The molecule has 4 nitrogen and oxygen atoms in total. The molecule has 2 rings (SSSR count). The van der Waals surface area contributed by atoms with Gasteiger partial charge >= 0.3 is 0 Å². The van der Waals surface area contributed by atoms with Crippen molar-refractivity contribution in [1.82, 2.24) is 0 Å². The number of aliphatic hydroxyl groups is 2. The van der Waals surface area contributed by atoms with Crippen LogP contribution in [0.25, 0.3) is 10.8 Å². The van der Waals surface area contributed by atoms with E-state index in [0.717, 1.165) is 22.5 Å². The summed E-state index contributed by atoms with van der Waals surface area (Å²) in [6, 6.07) is 10.2. The summed E-state index contributed by atoms with van der Waals surface area (Å²) in [6.45, 7) is 1.42. The van der Waals surface area contributed by atoms with Crippen molar-refractivity contribution < 1.29 is 20.1 Å². The van der Waals surface area contributed by atoms with E-state index in [9.17, 15) is 20.1 Å². The van der Waals surface area contributed by atoms with Gasteiger partial charge in [0.15, 0.2) is 5.12 Å². The van der Waals surface area contributed by atoms with Crippen LogP contribution in [0.3, 0.4) is 0 Å². The standard InChI is InChI=1S/C15H16O4S/c1-9(16)20-8-14(18)15(19)11-3-2-10-4-5-13(17)7-12(10)6-11/h2-7,14-15,17-19H,8H2,1H3. The van der Waals surface area contributed by atoms with Crippen LogP contribution in [0, 0.1) is 0 Å². The number of aromatic hydroxyl groups is 1. The summed E-state index contributed by atoms with van der Waals surface area (Å²) in [6.07, 6.45) is -2.08. The first-order valence-electron chi connectivity index (χ1n) is 6.19. The molecule has 3 N–H and O–H groups in total. The number of hydrogen-bond acceptors (Lipinski definition) is 5. The molecule has 2 aromatic rings. The van der Waals surface area contributed by atoms with Crippen LogP contribution in [0.4, 0.5) is 0 Å². The zero-order valence-corrected chi connectivity index (χ0v) is 11.8. The van der Waals surface area contributed by atoms with E-state index in [1.54, 1.807) is 30.3 Å². The van der Waals surface area contributed by atoms with Gasteiger partial charge in [-0.25, -0.2) is 0 Å². The lowest BCUT2D eigenvalue weighted by atomic mass is 10.0. The number of phenols is 1. The molecule has 0 saturated carbocycles. The molecule has 5 heteroatoms. The monoisotopic (exact) mass is 292 g/mol. The van der Waals surface area contributed by atoms with Crippen LogP contribution in [-0.2, 0) is 4.79 Å². The molecule has 2 aromatic carbocycles. The summed E-state index contributed by atoms with van der Waals surface area (Å²) in [5.74, 6) is 0.297. The van der Waals surface area contributed by atoms with Crippen molar-refractivity contribution in [3.05, 3.63) is 42.0 Å². The third-order valence-corrected chi connectivity index (χ3v) is 3.93. The van der Waals surface area contributed by atoms with E-state index in [4.69, 9.17) is 0 Å². The lowest BCUT2D eigenvalue weighted by Gasteiger charge is -2.17. The van der Waals surface area contributed by atoms with Crippen LogP contribution >= 0.6 is 11.8 Å². The number of rotatable bonds is 4. The van der Waals surface area contributed by atoms with E-state index >= 15 is 0 Å². The van der Waals surface area contributed by atoms with Crippen molar-refractivity contribution in [3.63, 3.8) is 0 Å². The molecular weight excluding hydrogens is 276 g/mol. The minimum absolute atomic E-state index is 0.0975. The van der Waals surface area contributed by atoms with E-state index < -0.39 is 12.2 Å². The molecule has 0 bridgehead atoms. The Bertz CT molecular complexity index is 626. The molecule has 0 aliphatic carbocycles. The number of aliphatic hydroxyl groups excluding tert-OH is 2. The fourth-order valence-electron chi connectivity index (χ4n) is 1.95. The largest absolute Gasteiger partial charge is 0.508 e. The average Bonchev–Trinajstić information content (AvgIpc) is 2.43. The minimum atomic E-state index is -1.06. The lowest BCUT2D eigenvalue weighted by Crippen LogP contribution is -2.21. The number of phenolic OH excluding ortho intramolecular Hbond substituents is 1. The van der Waals surface area contributed by atoms with Gasteiger partial charge in [-0.1, -0.05) is 30.0 Å². The van der Waals surface area contributed by atoms with Gasteiger partial charge in [-0.15, -0.1) is 0 Å². The number of carbonyl (C=O) groups excluding carboxylic acids is 1. The molecule has 2 unspecified atom stereocenters. The summed E-state index contributed by atoms with van der Waals surface area (Å²) < 4.78 is 0.